The summed E-state index contributed by atoms with van der Waals surface area (Å²) in [6.07, 6.45) is 1.65. The summed E-state index contributed by atoms with van der Waals surface area (Å²) in [6.45, 7) is 5.73. The van der Waals surface area contributed by atoms with E-state index >= 15 is 0 Å². The van der Waals surface area contributed by atoms with Gasteiger partial charge in [0.05, 0.1) is 32.5 Å². The minimum absolute atomic E-state index is 0.235. The van der Waals surface area contributed by atoms with Crippen molar-refractivity contribution in [2.75, 3.05) is 26.2 Å². The van der Waals surface area contributed by atoms with Gasteiger partial charge in [-0.3, -0.25) is 9.69 Å². The van der Waals surface area contributed by atoms with Gasteiger partial charge in [-0.05, 0) is 62.2 Å². The second kappa shape index (κ2) is 8.45. The van der Waals surface area contributed by atoms with Crippen LogP contribution in [0.15, 0.2) is 53.2 Å². The number of esters is 1. The molecule has 2 aromatic rings. The average Bonchev–Trinajstić information content (AvgIpc) is 2.99. The standard InChI is InChI=1S/C24H25NO5/c1-14-7-9-18(11-15(14)2)25-16(3)22(24(27)30-6)20(23(25)26)12-17-8-10-19(28-4)13-21(17)29-5/h7-13H,1-6H3/b20-12-. The lowest BCUT2D eigenvalue weighted by molar-refractivity contribution is -0.136. The first-order valence-corrected chi connectivity index (χ1v) is 9.47. The number of methoxy groups -OCH3 is 3. The normalized spacial score (nSPS) is 15.1. The van der Waals surface area contributed by atoms with Gasteiger partial charge in [0, 0.05) is 23.0 Å². The zero-order valence-electron chi connectivity index (χ0n) is 18.0. The van der Waals surface area contributed by atoms with E-state index in [1.54, 1.807) is 43.2 Å². The summed E-state index contributed by atoms with van der Waals surface area (Å²) in [6, 6.07) is 11.0. The molecule has 0 radical (unpaired) electrons. The van der Waals surface area contributed by atoms with Crippen molar-refractivity contribution in [1.29, 1.82) is 0 Å². The Hall–Kier alpha value is -3.54. The number of hydrogen-bond donors (Lipinski definition) is 0. The van der Waals surface area contributed by atoms with E-state index < -0.39 is 5.97 Å². The highest BCUT2D eigenvalue weighted by molar-refractivity contribution is 6.24. The number of aryl methyl sites for hydroxylation is 2. The van der Waals surface area contributed by atoms with Gasteiger partial charge in [0.2, 0.25) is 0 Å². The van der Waals surface area contributed by atoms with E-state index in [0.29, 0.717) is 28.4 Å². The molecule has 0 unspecified atom stereocenters. The molecule has 0 bridgehead atoms. The maximum Gasteiger partial charge on any atom is 0.340 e. The molecule has 0 saturated carbocycles. The van der Waals surface area contributed by atoms with Gasteiger partial charge in [0.15, 0.2) is 0 Å². The lowest BCUT2D eigenvalue weighted by atomic mass is 10.0. The number of nitrogens with zero attached hydrogens (tertiary/aromatic N) is 1. The van der Waals surface area contributed by atoms with Gasteiger partial charge < -0.3 is 14.2 Å². The van der Waals surface area contributed by atoms with E-state index in [-0.39, 0.29) is 17.1 Å². The number of hydrogen-bond acceptors (Lipinski definition) is 5. The Balaban J connectivity index is 2.17. The topological polar surface area (TPSA) is 65.1 Å². The average molecular weight is 407 g/mol. The van der Waals surface area contributed by atoms with Crippen LogP contribution in [0.4, 0.5) is 5.69 Å². The molecule has 0 aromatic heterocycles. The van der Waals surface area contributed by atoms with Crippen molar-refractivity contribution in [3.63, 3.8) is 0 Å². The number of carbonyl (C=O) groups is 2. The third-order valence-electron chi connectivity index (χ3n) is 5.28. The Morgan fingerprint density at radius 3 is 2.27 bits per heavy atom. The van der Waals surface area contributed by atoms with Crippen molar-refractivity contribution < 1.29 is 23.8 Å². The molecule has 156 valence electrons. The van der Waals surface area contributed by atoms with Gasteiger partial charge in [-0.1, -0.05) is 6.07 Å². The molecule has 1 aliphatic heterocycles. The summed E-state index contributed by atoms with van der Waals surface area (Å²) in [4.78, 5) is 27.5. The van der Waals surface area contributed by atoms with E-state index in [1.165, 1.54) is 14.2 Å². The molecule has 30 heavy (non-hydrogen) atoms. The van der Waals surface area contributed by atoms with Gasteiger partial charge in [-0.2, -0.15) is 0 Å². The number of allylic oxidation sites excluding steroid dienone is 1. The predicted molar refractivity (Wildman–Crippen MR) is 116 cm³/mol. The van der Waals surface area contributed by atoms with Crippen LogP contribution in [0.5, 0.6) is 11.5 Å². The van der Waals surface area contributed by atoms with Crippen molar-refractivity contribution in [2.24, 2.45) is 0 Å². The van der Waals surface area contributed by atoms with Crippen LogP contribution >= 0.6 is 0 Å². The van der Waals surface area contributed by atoms with Crippen molar-refractivity contribution in [1.82, 2.24) is 0 Å². The van der Waals surface area contributed by atoms with Crippen molar-refractivity contribution >= 4 is 23.6 Å². The van der Waals surface area contributed by atoms with E-state index in [4.69, 9.17) is 14.2 Å². The third-order valence-corrected chi connectivity index (χ3v) is 5.28. The number of carbonyl (C=O) groups excluding carboxylic acids is 2. The molecule has 0 saturated heterocycles. The molecule has 0 fully saturated rings. The molecule has 6 heteroatoms. The fraction of sp³-hybridized carbons (Fsp3) is 0.250. The summed E-state index contributed by atoms with van der Waals surface area (Å²) in [5.41, 5.74) is 4.54. The molecule has 2 aromatic carbocycles. The Bertz CT molecular complexity index is 1080. The van der Waals surface area contributed by atoms with Crippen LogP contribution in [0.2, 0.25) is 0 Å². The molecule has 1 aliphatic rings. The fourth-order valence-electron chi connectivity index (χ4n) is 3.45. The Morgan fingerprint density at radius 1 is 0.933 bits per heavy atom. The molecule has 1 amide bonds. The molecular weight excluding hydrogens is 382 g/mol. The van der Waals surface area contributed by atoms with E-state index in [2.05, 4.69) is 0 Å². The third kappa shape index (κ3) is 3.68. The highest BCUT2D eigenvalue weighted by atomic mass is 16.5. The summed E-state index contributed by atoms with van der Waals surface area (Å²) < 4.78 is 15.6. The van der Waals surface area contributed by atoms with E-state index in [1.807, 2.05) is 32.0 Å². The second-order valence-corrected chi connectivity index (χ2v) is 7.03. The molecule has 0 aliphatic carbocycles. The summed E-state index contributed by atoms with van der Waals surface area (Å²) >= 11 is 0. The smallest absolute Gasteiger partial charge is 0.340 e. The zero-order chi connectivity index (χ0) is 22.0. The van der Waals surface area contributed by atoms with E-state index in [0.717, 1.165) is 11.1 Å². The first kappa shape index (κ1) is 21.2. The predicted octanol–water partition coefficient (Wildman–Crippen LogP) is 4.20. The van der Waals surface area contributed by atoms with Gasteiger partial charge >= 0.3 is 5.97 Å². The Labute approximate surface area is 176 Å². The first-order valence-electron chi connectivity index (χ1n) is 9.47. The van der Waals surface area contributed by atoms with Crippen LogP contribution in [0, 0.1) is 13.8 Å². The monoisotopic (exact) mass is 407 g/mol. The molecule has 3 rings (SSSR count). The second-order valence-electron chi connectivity index (χ2n) is 7.03. The number of benzene rings is 2. The van der Waals surface area contributed by atoms with Gasteiger partial charge in [-0.25, -0.2) is 4.79 Å². The van der Waals surface area contributed by atoms with Gasteiger partial charge in [0.1, 0.15) is 11.5 Å². The van der Waals surface area contributed by atoms with Crippen LogP contribution in [-0.4, -0.2) is 33.2 Å². The fourth-order valence-corrected chi connectivity index (χ4v) is 3.45. The number of rotatable bonds is 5. The molecule has 6 nitrogen and oxygen atoms in total. The van der Waals surface area contributed by atoms with Crippen LogP contribution < -0.4 is 14.4 Å². The highest BCUT2D eigenvalue weighted by Crippen LogP contribution is 2.37. The Morgan fingerprint density at radius 2 is 1.67 bits per heavy atom. The van der Waals surface area contributed by atoms with Gasteiger partial charge in [0.25, 0.3) is 5.91 Å². The Kier molecular flexibility index (Phi) is 5.96. The summed E-state index contributed by atoms with van der Waals surface area (Å²) in [7, 11) is 4.41. The molecule has 0 spiro atoms. The molecular formula is C24H25NO5. The van der Waals surface area contributed by atoms with Gasteiger partial charge in [-0.15, -0.1) is 0 Å². The van der Waals surface area contributed by atoms with Crippen molar-refractivity contribution in [3.8, 4) is 11.5 Å². The zero-order valence-corrected chi connectivity index (χ0v) is 18.0. The minimum atomic E-state index is -0.564. The maximum atomic E-state index is 13.4. The van der Waals surface area contributed by atoms with Crippen LogP contribution in [0.25, 0.3) is 6.08 Å². The maximum absolute atomic E-state index is 13.4. The van der Waals surface area contributed by atoms with Crippen LogP contribution in [0.1, 0.15) is 23.6 Å². The van der Waals surface area contributed by atoms with E-state index in [9.17, 15) is 9.59 Å². The SMILES string of the molecule is COC(=O)C1=C(C)N(c2ccc(C)c(C)c2)C(=O)/C1=C\c1ccc(OC)cc1OC. The van der Waals surface area contributed by atoms with Crippen molar-refractivity contribution in [3.05, 3.63) is 69.9 Å². The quantitative estimate of drug-likeness (QED) is 0.549. The van der Waals surface area contributed by atoms with Crippen molar-refractivity contribution in [2.45, 2.75) is 20.8 Å². The lowest BCUT2D eigenvalue weighted by Gasteiger charge is -2.19. The lowest BCUT2D eigenvalue weighted by Crippen LogP contribution is -2.24. The summed E-state index contributed by atoms with van der Waals surface area (Å²) in [5.74, 6) is 0.296. The molecule has 0 atom stereocenters. The summed E-state index contributed by atoms with van der Waals surface area (Å²) in [5, 5.41) is 0. The largest absolute Gasteiger partial charge is 0.497 e. The number of ether oxygens (including phenoxy) is 3. The number of anilines is 1. The minimum Gasteiger partial charge on any atom is -0.497 e. The highest BCUT2D eigenvalue weighted by Gasteiger charge is 2.38. The van der Waals surface area contributed by atoms with Crippen LogP contribution in [-0.2, 0) is 14.3 Å². The number of amides is 1. The first-order chi connectivity index (χ1) is 14.3. The molecule has 0 N–H and O–H groups in total. The molecule has 1 heterocycles. The van der Waals surface area contributed by atoms with Crippen LogP contribution in [0.3, 0.4) is 0 Å².